The van der Waals surface area contributed by atoms with E-state index in [4.69, 9.17) is 38.8 Å². The summed E-state index contributed by atoms with van der Waals surface area (Å²) in [6.07, 6.45) is -0.368. The molecule has 5 heterocycles. The molecular weight excluding hydrogens is 946 g/mol. The maximum absolute atomic E-state index is 11.9. The number of aliphatic carboxylic acids is 1. The van der Waals surface area contributed by atoms with E-state index in [9.17, 15) is 28.8 Å². The van der Waals surface area contributed by atoms with E-state index in [0.717, 1.165) is 25.1 Å². The van der Waals surface area contributed by atoms with Crippen LogP contribution in [-0.2, 0) is 28.7 Å². The Morgan fingerprint density at radius 3 is 1.48 bits per heavy atom. The van der Waals surface area contributed by atoms with Gasteiger partial charge in [-0.25, -0.2) is 20.2 Å². The van der Waals surface area contributed by atoms with Crippen molar-refractivity contribution in [3.63, 3.8) is 0 Å². The molecule has 5 aromatic heterocycles. The first-order valence-corrected chi connectivity index (χ1v) is 23.5. The number of para-hydroxylation sites is 6. The van der Waals surface area contributed by atoms with Gasteiger partial charge in [0.2, 0.25) is 5.78 Å². The summed E-state index contributed by atoms with van der Waals surface area (Å²) in [6, 6.07) is 25.9. The van der Waals surface area contributed by atoms with Gasteiger partial charge in [0.1, 0.15) is 22.3 Å². The van der Waals surface area contributed by atoms with Crippen LogP contribution in [-0.4, -0.2) is 102 Å². The molecular formula is C44H50KN9O14Si. The maximum atomic E-state index is 11.9. The average molecular weight is 996 g/mol. The molecule has 0 spiro atoms. The summed E-state index contributed by atoms with van der Waals surface area (Å²) in [5.41, 5.74) is 8.11. The van der Waals surface area contributed by atoms with Crippen molar-refractivity contribution < 1.29 is 118 Å². The fourth-order valence-electron chi connectivity index (χ4n) is 5.04. The van der Waals surface area contributed by atoms with E-state index in [0.29, 0.717) is 51.9 Å². The topological polar surface area (TPSA) is 336 Å². The number of nitrogens with two attached hydrogens (primary N) is 1. The first-order valence-electron chi connectivity index (χ1n) is 20.1. The Labute approximate surface area is 437 Å². The van der Waals surface area contributed by atoms with Gasteiger partial charge in [0.15, 0.2) is 28.1 Å². The zero-order chi connectivity index (χ0) is 50.7. The molecule has 23 nitrogen and oxygen atoms in total. The molecule has 8 rings (SSSR count). The van der Waals surface area contributed by atoms with Gasteiger partial charge in [-0.2, -0.15) is 34.5 Å². The van der Waals surface area contributed by atoms with Gasteiger partial charge in [0.25, 0.3) is 5.97 Å². The zero-order valence-electron chi connectivity index (χ0n) is 39.5. The van der Waals surface area contributed by atoms with Gasteiger partial charge in [0.05, 0.1) is 31.5 Å². The van der Waals surface area contributed by atoms with Crippen LogP contribution in [0.1, 0.15) is 59.6 Å². The number of rotatable bonds is 9. The quantitative estimate of drug-likeness (QED) is 0.0403. The number of fused-ring (bicyclic) bond motifs is 3. The molecule has 0 bridgehead atoms. The predicted molar refractivity (Wildman–Crippen MR) is 245 cm³/mol. The van der Waals surface area contributed by atoms with Crippen LogP contribution in [0.3, 0.4) is 0 Å². The van der Waals surface area contributed by atoms with Crippen molar-refractivity contribution in [2.75, 3.05) is 19.1 Å². The van der Waals surface area contributed by atoms with Crippen molar-refractivity contribution >= 4 is 83.1 Å². The number of carboxylic acid groups (broad SMARTS) is 2. The van der Waals surface area contributed by atoms with Crippen LogP contribution in [0.4, 0.5) is 6.01 Å². The number of ketones is 2. The number of carbonyl (C=O) groups excluding carboxylic acids is 4. The fourth-order valence-corrected chi connectivity index (χ4v) is 5.04. The van der Waals surface area contributed by atoms with E-state index in [2.05, 4.69) is 35.3 Å². The van der Waals surface area contributed by atoms with E-state index in [-0.39, 0.29) is 81.3 Å². The number of hydrogen-bond donors (Lipinski definition) is 4. The summed E-state index contributed by atoms with van der Waals surface area (Å²) < 4.78 is 27.9. The summed E-state index contributed by atoms with van der Waals surface area (Å²) in [5, 5.41) is 24.8. The van der Waals surface area contributed by atoms with E-state index >= 15 is 0 Å². The predicted octanol–water partition coefficient (Wildman–Crippen LogP) is 2.62. The van der Waals surface area contributed by atoms with E-state index < -0.39 is 38.0 Å². The number of nitrogens with zero attached hydrogens (tertiary/aromatic N) is 7. The Kier molecular flexibility index (Phi) is 23.6. The number of esters is 2. The molecule has 3 aromatic carbocycles. The van der Waals surface area contributed by atoms with Gasteiger partial charge < -0.3 is 37.7 Å². The second kappa shape index (κ2) is 27.9. The SMILES string of the molecule is CC(=O)O.CCOC(=O)c1cc(C)nn1-c1nc2ccccc2o1.COC(=O)C(=O)CC(C)=O.C[Si](C)(C)[O-].Cc1cc(C(=O)O)n(-c2nc3ccccc3o2)n1.NNc1nc2ccccc2o1.[K+]. The van der Waals surface area contributed by atoms with Gasteiger partial charge in [-0.3, -0.25) is 19.8 Å². The number of hydrazine groups is 1. The van der Waals surface area contributed by atoms with Crippen molar-refractivity contribution in [2.24, 2.45) is 5.84 Å². The number of nitrogen functional groups attached to an aromatic ring is 1. The van der Waals surface area contributed by atoms with Crippen LogP contribution in [0.25, 0.3) is 45.3 Å². The molecule has 0 saturated heterocycles. The van der Waals surface area contributed by atoms with Crippen LogP contribution in [0, 0.1) is 13.8 Å². The smallest absolute Gasteiger partial charge is 0.859 e. The summed E-state index contributed by atoms with van der Waals surface area (Å²) >= 11 is 0. The van der Waals surface area contributed by atoms with Crippen LogP contribution >= 0.6 is 0 Å². The molecule has 8 aromatic rings. The zero-order valence-corrected chi connectivity index (χ0v) is 43.6. The molecule has 0 radical (unpaired) electrons. The number of anilines is 1. The Bertz CT molecular complexity index is 2880. The largest absolute Gasteiger partial charge is 1.00 e. The third-order valence-electron chi connectivity index (χ3n) is 7.53. The van der Waals surface area contributed by atoms with Crippen molar-refractivity contribution in [3.05, 3.63) is 108 Å². The monoisotopic (exact) mass is 995 g/mol. The third-order valence-corrected chi connectivity index (χ3v) is 7.53. The first-order chi connectivity index (χ1) is 32.0. The fraction of sp³-hybridized carbons (Fsp3) is 0.250. The van der Waals surface area contributed by atoms with Crippen molar-refractivity contribution in [3.8, 4) is 12.0 Å². The number of carbonyl (C=O) groups is 6. The van der Waals surface area contributed by atoms with Crippen molar-refractivity contribution in [1.82, 2.24) is 34.5 Å². The summed E-state index contributed by atoms with van der Waals surface area (Å²) in [4.78, 5) is 85.9. The van der Waals surface area contributed by atoms with E-state index in [1.165, 1.54) is 22.4 Å². The maximum Gasteiger partial charge on any atom is 1.00 e. The minimum Gasteiger partial charge on any atom is -0.859 e. The van der Waals surface area contributed by atoms with E-state index in [1.807, 2.05) is 60.7 Å². The number of aromatic carboxylic acids is 1. The standard InChI is InChI=1S/C14H13N3O3.C12H9N3O3.C7H7N3O.C6H8O4.C3H9OSi.C2H4O2.K/c1-3-19-13(18)11-8-9(2)16-17(11)14-15-10-6-4-5-7-12(10)20-14;1-7-6-9(11(16)17)15(14-7)12-13-8-4-2-3-5-10(8)18-12;8-10-7-9-5-3-1-2-4-6(5)11-7;1-4(7)3-5(8)6(9)10-2;1-5(2,3)4;1-2(3)4;/h4-8H,3H2,1-2H3;2-6H,1H3,(H,16,17);1-4H,8H2,(H,9,10);3H2,1-2H3;1-3H3;1H3,(H,3,4);/q;;;;-1;;+1. The molecule has 69 heavy (non-hydrogen) atoms. The Hall–Kier alpha value is -6.72. The van der Waals surface area contributed by atoms with Gasteiger partial charge in [-0.15, -0.1) is 0 Å². The summed E-state index contributed by atoms with van der Waals surface area (Å²) in [7, 11) is -0.764. The molecule has 0 aliphatic heterocycles. The molecule has 25 heteroatoms. The number of nitrogens with one attached hydrogen (secondary N) is 1. The molecule has 0 fully saturated rings. The van der Waals surface area contributed by atoms with Crippen molar-refractivity contribution in [1.29, 1.82) is 0 Å². The number of Topliss-reactive ketones (excluding diaryl/α,β-unsaturated/α-hetero) is 2. The number of aromatic nitrogens is 7. The van der Waals surface area contributed by atoms with Gasteiger partial charge in [-0.05, 0) is 76.2 Å². The molecule has 0 aliphatic rings. The van der Waals surface area contributed by atoms with Crippen molar-refractivity contribution in [2.45, 2.75) is 60.7 Å². The molecule has 0 atom stereocenters. The second-order valence-corrected chi connectivity index (χ2v) is 18.9. The summed E-state index contributed by atoms with van der Waals surface area (Å²) in [6.45, 7) is 13.2. The number of ether oxygens (including phenoxy) is 2. The second-order valence-electron chi connectivity index (χ2n) is 14.7. The minimum atomic E-state index is -1.86. The Morgan fingerprint density at radius 2 is 1.12 bits per heavy atom. The van der Waals surface area contributed by atoms with Gasteiger partial charge in [-0.1, -0.05) is 64.4 Å². The van der Waals surface area contributed by atoms with Crippen LogP contribution in [0.2, 0.25) is 19.6 Å². The summed E-state index contributed by atoms with van der Waals surface area (Å²) in [5.74, 6) is 0.657. The third kappa shape index (κ3) is 19.4. The van der Waals surface area contributed by atoms with Gasteiger partial charge in [0, 0.05) is 6.92 Å². The average Bonchev–Trinajstić information content (AvgIpc) is 4.11. The number of methoxy groups -OCH3 is 1. The number of hydrogen-bond acceptors (Lipinski definition) is 19. The molecule has 0 aliphatic carbocycles. The Morgan fingerprint density at radius 1 is 0.725 bits per heavy atom. The molecule has 360 valence electrons. The molecule has 5 N–H and O–H groups in total. The normalized spacial score (nSPS) is 10.1. The molecule has 0 saturated carbocycles. The molecule has 0 amide bonds. The van der Waals surface area contributed by atoms with Crippen LogP contribution < -0.4 is 67.4 Å². The van der Waals surface area contributed by atoms with Gasteiger partial charge >= 0.3 is 87.3 Å². The van der Waals surface area contributed by atoms with Crippen LogP contribution in [0.15, 0.2) is 98.2 Å². The van der Waals surface area contributed by atoms with Crippen LogP contribution in [0.5, 0.6) is 0 Å². The molecule has 0 unspecified atom stereocenters. The number of carboxylic acids is 2. The minimum absolute atomic E-state index is 0. The van der Waals surface area contributed by atoms with E-state index in [1.54, 1.807) is 58.6 Å². The number of oxazole rings is 3. The number of benzene rings is 3. The first kappa shape index (κ1) is 58.4. The Balaban J connectivity index is 0.000000305. The number of aryl methyl sites for hydroxylation is 2.